The average Bonchev–Trinajstić information content (AvgIpc) is 2.61. The zero-order valence-corrected chi connectivity index (χ0v) is 25.6. The first-order valence-electron chi connectivity index (χ1n) is 8.04. The first-order valence-corrected chi connectivity index (χ1v) is 10.7. The van der Waals surface area contributed by atoms with Crippen LogP contribution >= 0.6 is 0 Å². The van der Waals surface area contributed by atoms with Gasteiger partial charge in [0.25, 0.3) is 0 Å². The minimum absolute atomic E-state index is 0. The van der Waals surface area contributed by atoms with Crippen molar-refractivity contribution in [3.05, 3.63) is 11.8 Å². The molecule has 22 heteroatoms. The van der Waals surface area contributed by atoms with Crippen LogP contribution in [0.3, 0.4) is 0 Å². The number of ether oxygens (including phenoxy) is 3. The van der Waals surface area contributed by atoms with E-state index in [0.29, 0.717) is 6.08 Å². The average molecular weight is 563 g/mol. The molecule has 8 atom stereocenters. The molecule has 34 heavy (non-hydrogen) atoms. The van der Waals surface area contributed by atoms with Gasteiger partial charge >= 0.3 is 88.7 Å². The van der Waals surface area contributed by atoms with Crippen molar-refractivity contribution in [1.29, 1.82) is 0 Å². The molecule has 0 radical (unpaired) electrons. The predicted octanol–water partition coefficient (Wildman–Crippen LogP) is -15.5. The molecule has 0 aromatic rings. The van der Waals surface area contributed by atoms with Gasteiger partial charge in [-0.1, -0.05) is 0 Å². The zero-order chi connectivity index (χ0) is 23.7. The normalized spacial score (nSPS) is 33.8. The van der Waals surface area contributed by atoms with Crippen molar-refractivity contribution < 1.29 is 162 Å². The van der Waals surface area contributed by atoms with Crippen LogP contribution in [0.15, 0.2) is 11.8 Å². The number of carboxylic acids is 1. The molecule has 8 unspecified atom stereocenters. The van der Waals surface area contributed by atoms with Gasteiger partial charge in [-0.3, -0.25) is 8.37 Å². The third kappa shape index (κ3) is 11.1. The van der Waals surface area contributed by atoms with Crippen molar-refractivity contribution in [3.63, 3.8) is 0 Å². The van der Waals surface area contributed by atoms with Gasteiger partial charge in [-0.05, 0) is 6.08 Å². The van der Waals surface area contributed by atoms with Crippen LogP contribution in [0.2, 0.25) is 0 Å². The molecule has 0 spiro atoms. The number of carbonyl (C=O) groups is 1. The molecule has 0 saturated carbocycles. The van der Waals surface area contributed by atoms with Gasteiger partial charge in [-0.2, -0.15) is 0 Å². The number of hydrogen-bond donors (Lipinski definition) is 4. The van der Waals surface area contributed by atoms with E-state index in [0.717, 1.165) is 0 Å². The maximum Gasteiger partial charge on any atom is 1.00 e. The van der Waals surface area contributed by atoms with Crippen molar-refractivity contribution in [2.45, 2.75) is 49.1 Å². The summed E-state index contributed by atoms with van der Waals surface area (Å²) >= 11 is 0. The third-order valence-electron chi connectivity index (χ3n) is 4.01. The Balaban J connectivity index is 0. The molecule has 0 aliphatic carbocycles. The van der Waals surface area contributed by atoms with Gasteiger partial charge in [0.05, 0.1) is 12.6 Å². The van der Waals surface area contributed by atoms with E-state index in [4.69, 9.17) is 19.9 Å². The van der Waals surface area contributed by atoms with Crippen LogP contribution in [0.25, 0.3) is 0 Å². The summed E-state index contributed by atoms with van der Waals surface area (Å²) in [5.74, 6) is -3.08. The summed E-state index contributed by atoms with van der Waals surface area (Å²) in [6, 6.07) is -1.61. The number of aliphatic hydroxyl groups excluding tert-OH is 3. The van der Waals surface area contributed by atoms with Crippen molar-refractivity contribution in [2.24, 2.45) is 5.73 Å². The quantitative estimate of drug-likeness (QED) is 0.121. The number of aliphatic hydroxyl groups is 3. The molecule has 2 aliphatic heterocycles. The molecule has 0 aromatic heterocycles. The predicted molar refractivity (Wildman–Crippen MR) is 83.9 cm³/mol. The van der Waals surface area contributed by atoms with Crippen LogP contribution in [-0.4, -0.2) is 103 Å². The van der Waals surface area contributed by atoms with Crippen LogP contribution in [0.4, 0.5) is 0 Å². The molecule has 17 nitrogen and oxygen atoms in total. The summed E-state index contributed by atoms with van der Waals surface area (Å²) in [5, 5.41) is 40.9. The standard InChI is InChI=1S/C12H19NO16S2.3Na/c13-6-7(15)9(5(26-11(6)18)2-25-30(19,20)21)28-12-8(29-31(22,23)24)3(14)1-4(27-12)10(16)17;;;/h1,3,5-9,11-12,14-15,18H,2,13H2,(H,16,17)(H,19,20,21)(H,22,23,24);;;/q;3*+1/p-3. The van der Waals surface area contributed by atoms with Crippen molar-refractivity contribution in [1.82, 2.24) is 0 Å². The van der Waals surface area contributed by atoms with E-state index < -0.39 is 88.3 Å². The van der Waals surface area contributed by atoms with Crippen molar-refractivity contribution >= 4 is 26.8 Å². The Labute approximate surface area is 259 Å². The van der Waals surface area contributed by atoms with Gasteiger partial charge in [0, 0.05) is 0 Å². The number of hydrogen-bond acceptors (Lipinski definition) is 17. The fraction of sp³-hybridized carbons (Fsp3) is 0.750. The summed E-state index contributed by atoms with van der Waals surface area (Å²) < 4.78 is 87.8. The monoisotopic (exact) mass is 563 g/mol. The summed E-state index contributed by atoms with van der Waals surface area (Å²) in [7, 11) is -10.8. The van der Waals surface area contributed by atoms with Gasteiger partial charge in [-0.15, -0.1) is 0 Å². The van der Waals surface area contributed by atoms with Crippen LogP contribution < -0.4 is 99.5 Å². The SMILES string of the molecule is NC1C(O)OC(COS(=O)(=O)[O-])C(OC2OC(C(=O)[O-])=CC(O)C2OS(=O)(=O)[O-])C1O.[Na+].[Na+].[Na+]. The smallest absolute Gasteiger partial charge is 0.726 e. The first kappa shape index (κ1) is 37.7. The van der Waals surface area contributed by atoms with E-state index in [1.54, 1.807) is 0 Å². The molecule has 1 saturated heterocycles. The summed E-state index contributed by atoms with van der Waals surface area (Å²) in [4.78, 5) is 11.0. The minimum atomic E-state index is -5.51. The Bertz CT molecular complexity index is 916. The molecule has 2 heterocycles. The second-order valence-electron chi connectivity index (χ2n) is 6.19. The fourth-order valence-corrected chi connectivity index (χ4v) is 3.44. The van der Waals surface area contributed by atoms with Gasteiger partial charge in [0.15, 0.2) is 12.4 Å². The maximum absolute atomic E-state index is 11.0. The fourth-order valence-electron chi connectivity index (χ4n) is 2.66. The van der Waals surface area contributed by atoms with Crippen molar-refractivity contribution in [2.75, 3.05) is 6.61 Å². The van der Waals surface area contributed by atoms with E-state index in [9.17, 15) is 51.2 Å². The molecule has 5 N–H and O–H groups in total. The summed E-state index contributed by atoms with van der Waals surface area (Å²) in [5.41, 5.74) is 5.49. The Hall–Kier alpha value is 1.51. The summed E-state index contributed by atoms with van der Waals surface area (Å²) in [6.07, 6.45) is -13.7. The minimum Gasteiger partial charge on any atom is -0.726 e. The number of aliphatic carboxylic acids is 1. The zero-order valence-electron chi connectivity index (χ0n) is 17.9. The Morgan fingerprint density at radius 3 is 2.09 bits per heavy atom. The molecule has 0 aromatic carbocycles. The molecule has 1 fully saturated rings. The Morgan fingerprint density at radius 1 is 1.06 bits per heavy atom. The van der Waals surface area contributed by atoms with Gasteiger partial charge in [0.1, 0.15) is 36.1 Å². The first-order chi connectivity index (χ1) is 14.1. The van der Waals surface area contributed by atoms with Gasteiger partial charge in [-0.25, -0.2) is 16.8 Å². The maximum atomic E-state index is 11.0. The molecular weight excluding hydrogens is 547 g/mol. The Morgan fingerprint density at radius 2 is 1.62 bits per heavy atom. The van der Waals surface area contributed by atoms with E-state index >= 15 is 0 Å². The second kappa shape index (κ2) is 15.2. The number of carbonyl (C=O) groups excluding carboxylic acids is 1. The number of rotatable bonds is 8. The molecule has 2 aliphatic rings. The Kier molecular flexibility index (Phi) is 16.8. The van der Waals surface area contributed by atoms with Crippen LogP contribution in [0.5, 0.6) is 0 Å². The van der Waals surface area contributed by atoms with E-state index in [1.807, 2.05) is 0 Å². The third-order valence-corrected chi connectivity index (χ3v) is 4.89. The van der Waals surface area contributed by atoms with Crippen molar-refractivity contribution in [3.8, 4) is 0 Å². The van der Waals surface area contributed by atoms with E-state index in [2.05, 4.69) is 8.37 Å². The molecule has 2 rings (SSSR count). The topological polar surface area (TPSA) is 287 Å². The number of nitrogens with two attached hydrogens (primary N) is 1. The molecule has 0 bridgehead atoms. The van der Waals surface area contributed by atoms with E-state index in [-0.39, 0.29) is 88.7 Å². The molecule has 180 valence electrons. The van der Waals surface area contributed by atoms with E-state index in [1.165, 1.54) is 0 Å². The second-order valence-corrected chi connectivity index (χ2v) is 8.25. The van der Waals surface area contributed by atoms with Crippen LogP contribution in [0, 0.1) is 0 Å². The van der Waals surface area contributed by atoms with Crippen LogP contribution in [0.1, 0.15) is 0 Å². The number of carboxylic acid groups (broad SMARTS) is 1. The molecular formula is C12H16NNa3O16S2. The largest absolute Gasteiger partial charge is 1.00 e. The van der Waals surface area contributed by atoms with Gasteiger partial charge < -0.3 is 54.3 Å². The molecule has 0 amide bonds. The summed E-state index contributed by atoms with van der Waals surface area (Å²) in [6.45, 7) is -1.15. The van der Waals surface area contributed by atoms with Gasteiger partial charge in [0.2, 0.25) is 27.1 Å². The van der Waals surface area contributed by atoms with Crippen LogP contribution in [-0.2, 0) is 48.2 Å².